The first-order chi connectivity index (χ1) is 11.5. The number of rotatable bonds is 6. The van der Waals surface area contributed by atoms with E-state index < -0.39 is 6.04 Å². The molecule has 0 aliphatic carbocycles. The fourth-order valence-electron chi connectivity index (χ4n) is 2.26. The van der Waals surface area contributed by atoms with Gasteiger partial charge in [-0.2, -0.15) is 0 Å². The Bertz CT molecular complexity index is 699. The number of nitrogens with one attached hydrogen (secondary N) is 2. The van der Waals surface area contributed by atoms with Crippen molar-refractivity contribution >= 4 is 29.1 Å². The summed E-state index contributed by atoms with van der Waals surface area (Å²) in [4.78, 5) is 23.7. The fourth-order valence-corrected chi connectivity index (χ4v) is 2.39. The van der Waals surface area contributed by atoms with Crippen molar-refractivity contribution in [3.63, 3.8) is 0 Å². The SMILES string of the molecule is COc1ccc(NC(=O)CC(NC(C)=O)c2ccc(Cl)cc2)cc1. The van der Waals surface area contributed by atoms with E-state index in [0.29, 0.717) is 16.5 Å². The first kappa shape index (κ1) is 17.8. The number of amides is 2. The topological polar surface area (TPSA) is 67.4 Å². The van der Waals surface area contributed by atoms with E-state index in [0.717, 1.165) is 5.56 Å². The van der Waals surface area contributed by atoms with Crippen molar-refractivity contribution in [3.05, 3.63) is 59.1 Å². The van der Waals surface area contributed by atoms with Gasteiger partial charge in [0.05, 0.1) is 19.6 Å². The summed E-state index contributed by atoms with van der Waals surface area (Å²) in [5, 5.41) is 6.19. The predicted molar refractivity (Wildman–Crippen MR) is 94.3 cm³/mol. The van der Waals surface area contributed by atoms with E-state index in [9.17, 15) is 9.59 Å². The molecule has 0 fully saturated rings. The van der Waals surface area contributed by atoms with Crippen LogP contribution < -0.4 is 15.4 Å². The van der Waals surface area contributed by atoms with Gasteiger partial charge in [0, 0.05) is 17.6 Å². The molecule has 24 heavy (non-hydrogen) atoms. The number of anilines is 1. The summed E-state index contributed by atoms with van der Waals surface area (Å²) in [6, 6.07) is 13.7. The molecule has 0 bridgehead atoms. The molecule has 2 aromatic carbocycles. The highest BCUT2D eigenvalue weighted by molar-refractivity contribution is 6.30. The fraction of sp³-hybridized carbons (Fsp3) is 0.222. The van der Waals surface area contributed by atoms with Crippen LogP contribution in [-0.2, 0) is 9.59 Å². The molecule has 2 rings (SSSR count). The van der Waals surface area contributed by atoms with Gasteiger partial charge in [-0.25, -0.2) is 0 Å². The van der Waals surface area contributed by atoms with Crippen molar-refractivity contribution in [2.24, 2.45) is 0 Å². The number of halogens is 1. The zero-order valence-corrected chi connectivity index (χ0v) is 14.3. The molecule has 0 aromatic heterocycles. The normalized spacial score (nSPS) is 11.5. The van der Waals surface area contributed by atoms with E-state index >= 15 is 0 Å². The first-order valence-electron chi connectivity index (χ1n) is 7.44. The Morgan fingerprint density at radius 3 is 2.25 bits per heavy atom. The largest absolute Gasteiger partial charge is 0.497 e. The van der Waals surface area contributed by atoms with Crippen molar-refractivity contribution in [2.75, 3.05) is 12.4 Å². The molecule has 6 heteroatoms. The molecule has 1 atom stereocenters. The molecule has 0 saturated heterocycles. The van der Waals surface area contributed by atoms with E-state index in [-0.39, 0.29) is 18.2 Å². The third-order valence-electron chi connectivity index (χ3n) is 3.41. The molecule has 0 heterocycles. The van der Waals surface area contributed by atoms with Crippen LogP contribution >= 0.6 is 11.6 Å². The molecule has 1 unspecified atom stereocenters. The second-order valence-corrected chi connectivity index (χ2v) is 5.72. The van der Waals surface area contributed by atoms with Crippen LogP contribution in [0.1, 0.15) is 24.9 Å². The average molecular weight is 347 g/mol. The molecule has 126 valence electrons. The highest BCUT2D eigenvalue weighted by Crippen LogP contribution is 2.21. The van der Waals surface area contributed by atoms with Crippen LogP contribution in [0, 0.1) is 0 Å². The van der Waals surface area contributed by atoms with E-state index in [4.69, 9.17) is 16.3 Å². The second-order valence-electron chi connectivity index (χ2n) is 5.29. The Morgan fingerprint density at radius 1 is 1.08 bits per heavy atom. The maximum Gasteiger partial charge on any atom is 0.226 e. The summed E-state index contributed by atoms with van der Waals surface area (Å²) in [6.07, 6.45) is 0.118. The van der Waals surface area contributed by atoms with Gasteiger partial charge >= 0.3 is 0 Å². The summed E-state index contributed by atoms with van der Waals surface area (Å²) >= 11 is 5.88. The van der Waals surface area contributed by atoms with Gasteiger partial charge in [0.25, 0.3) is 0 Å². The van der Waals surface area contributed by atoms with Gasteiger partial charge in [0.1, 0.15) is 5.75 Å². The average Bonchev–Trinajstić information content (AvgIpc) is 2.55. The maximum atomic E-state index is 12.3. The smallest absolute Gasteiger partial charge is 0.226 e. The van der Waals surface area contributed by atoms with E-state index in [1.54, 1.807) is 55.6 Å². The number of hydrogen-bond acceptors (Lipinski definition) is 3. The summed E-state index contributed by atoms with van der Waals surface area (Å²) in [5.74, 6) is 0.311. The Labute approximate surface area is 146 Å². The molecule has 0 aliphatic heterocycles. The van der Waals surface area contributed by atoms with Gasteiger partial charge in [-0.05, 0) is 42.0 Å². The minimum atomic E-state index is -0.419. The van der Waals surface area contributed by atoms with Crippen LogP contribution in [0.4, 0.5) is 5.69 Å². The molecule has 0 saturated carbocycles. The number of hydrogen-bond donors (Lipinski definition) is 2. The van der Waals surface area contributed by atoms with Crippen LogP contribution in [0.25, 0.3) is 0 Å². The lowest BCUT2D eigenvalue weighted by Crippen LogP contribution is -2.29. The Balaban J connectivity index is 2.05. The van der Waals surface area contributed by atoms with Gasteiger partial charge in [-0.15, -0.1) is 0 Å². The maximum absolute atomic E-state index is 12.3. The molecule has 5 nitrogen and oxygen atoms in total. The van der Waals surface area contributed by atoms with E-state index in [1.165, 1.54) is 6.92 Å². The lowest BCUT2D eigenvalue weighted by atomic mass is 10.0. The molecule has 2 amide bonds. The quantitative estimate of drug-likeness (QED) is 0.840. The van der Waals surface area contributed by atoms with Crippen molar-refractivity contribution in [2.45, 2.75) is 19.4 Å². The van der Waals surface area contributed by atoms with Gasteiger partial charge in [-0.1, -0.05) is 23.7 Å². The van der Waals surface area contributed by atoms with Gasteiger partial charge in [0.2, 0.25) is 11.8 Å². The van der Waals surface area contributed by atoms with Crippen LogP contribution in [0.15, 0.2) is 48.5 Å². The summed E-state index contributed by atoms with van der Waals surface area (Å²) in [5.41, 5.74) is 1.48. The highest BCUT2D eigenvalue weighted by Gasteiger charge is 2.17. The van der Waals surface area contributed by atoms with Crippen LogP contribution in [-0.4, -0.2) is 18.9 Å². The number of carbonyl (C=O) groups is 2. The monoisotopic (exact) mass is 346 g/mol. The zero-order valence-electron chi connectivity index (χ0n) is 13.5. The first-order valence-corrected chi connectivity index (χ1v) is 7.82. The van der Waals surface area contributed by atoms with Crippen LogP contribution in [0.3, 0.4) is 0 Å². The molecular weight excluding hydrogens is 328 g/mol. The highest BCUT2D eigenvalue weighted by atomic mass is 35.5. The van der Waals surface area contributed by atoms with E-state index in [1.807, 2.05) is 0 Å². The van der Waals surface area contributed by atoms with Gasteiger partial charge < -0.3 is 15.4 Å². The van der Waals surface area contributed by atoms with Gasteiger partial charge in [0.15, 0.2) is 0 Å². The number of carbonyl (C=O) groups excluding carboxylic acids is 2. The molecule has 0 spiro atoms. The minimum Gasteiger partial charge on any atom is -0.497 e. The lowest BCUT2D eigenvalue weighted by molar-refractivity contribution is -0.120. The Hall–Kier alpha value is -2.53. The molecule has 0 radical (unpaired) electrons. The van der Waals surface area contributed by atoms with Crippen molar-refractivity contribution in [1.29, 1.82) is 0 Å². The Morgan fingerprint density at radius 2 is 1.71 bits per heavy atom. The second kappa shape index (κ2) is 8.36. The number of ether oxygens (including phenoxy) is 1. The van der Waals surface area contributed by atoms with Crippen molar-refractivity contribution < 1.29 is 14.3 Å². The Kier molecular flexibility index (Phi) is 6.21. The molecular formula is C18H19ClN2O3. The molecule has 0 aliphatic rings. The van der Waals surface area contributed by atoms with Gasteiger partial charge in [-0.3, -0.25) is 9.59 Å². The predicted octanol–water partition coefficient (Wildman–Crippen LogP) is 3.55. The minimum absolute atomic E-state index is 0.118. The number of benzene rings is 2. The number of methoxy groups -OCH3 is 1. The van der Waals surface area contributed by atoms with E-state index in [2.05, 4.69) is 10.6 Å². The molecule has 2 aromatic rings. The lowest BCUT2D eigenvalue weighted by Gasteiger charge is -2.18. The van der Waals surface area contributed by atoms with Crippen molar-refractivity contribution in [1.82, 2.24) is 5.32 Å². The zero-order chi connectivity index (χ0) is 17.5. The summed E-state index contributed by atoms with van der Waals surface area (Å²) in [7, 11) is 1.58. The third kappa shape index (κ3) is 5.28. The third-order valence-corrected chi connectivity index (χ3v) is 3.67. The summed E-state index contributed by atoms with van der Waals surface area (Å²) < 4.78 is 5.08. The van der Waals surface area contributed by atoms with Crippen LogP contribution in [0.5, 0.6) is 5.75 Å². The van der Waals surface area contributed by atoms with Crippen molar-refractivity contribution in [3.8, 4) is 5.75 Å². The van der Waals surface area contributed by atoms with Crippen LogP contribution in [0.2, 0.25) is 5.02 Å². The standard InChI is InChI=1S/C18H19ClN2O3/c1-12(22)20-17(13-3-5-14(19)6-4-13)11-18(23)21-15-7-9-16(24-2)10-8-15/h3-10,17H,11H2,1-2H3,(H,20,22)(H,21,23). The molecule has 2 N–H and O–H groups in total. The summed E-state index contributed by atoms with van der Waals surface area (Å²) in [6.45, 7) is 1.42.